The summed E-state index contributed by atoms with van der Waals surface area (Å²) >= 11 is 0. The molecule has 1 rings (SSSR count). The SMILES string of the molecule is CC(C)CNCC(O)CN1CCCCCC1C. The highest BCUT2D eigenvalue weighted by Crippen LogP contribution is 2.16. The molecule has 2 unspecified atom stereocenters. The molecule has 2 atom stereocenters. The molecule has 0 bridgehead atoms. The van der Waals surface area contributed by atoms with Gasteiger partial charge in [0.25, 0.3) is 0 Å². The van der Waals surface area contributed by atoms with Gasteiger partial charge in [-0.1, -0.05) is 26.7 Å². The highest BCUT2D eigenvalue weighted by Gasteiger charge is 2.19. The van der Waals surface area contributed by atoms with Crippen molar-refractivity contribution in [2.45, 2.75) is 58.6 Å². The molecule has 0 radical (unpaired) electrons. The van der Waals surface area contributed by atoms with Gasteiger partial charge in [-0.3, -0.25) is 4.90 Å². The molecule has 1 aliphatic heterocycles. The molecule has 0 saturated carbocycles. The summed E-state index contributed by atoms with van der Waals surface area (Å²) in [7, 11) is 0. The summed E-state index contributed by atoms with van der Waals surface area (Å²) in [5, 5.41) is 13.3. The minimum absolute atomic E-state index is 0.228. The van der Waals surface area contributed by atoms with E-state index in [1.165, 1.54) is 25.7 Å². The highest BCUT2D eigenvalue weighted by atomic mass is 16.3. The molecule has 0 amide bonds. The van der Waals surface area contributed by atoms with Gasteiger partial charge in [-0.05, 0) is 38.8 Å². The van der Waals surface area contributed by atoms with Crippen LogP contribution in [0.1, 0.15) is 46.5 Å². The van der Waals surface area contributed by atoms with E-state index < -0.39 is 0 Å². The average molecular weight is 242 g/mol. The number of rotatable bonds is 6. The zero-order chi connectivity index (χ0) is 12.7. The van der Waals surface area contributed by atoms with Crippen molar-refractivity contribution in [3.63, 3.8) is 0 Å². The molecule has 2 N–H and O–H groups in total. The number of aliphatic hydroxyl groups is 1. The fraction of sp³-hybridized carbons (Fsp3) is 1.00. The largest absolute Gasteiger partial charge is 0.390 e. The Morgan fingerprint density at radius 2 is 2.00 bits per heavy atom. The Morgan fingerprint density at radius 1 is 1.24 bits per heavy atom. The Balaban J connectivity index is 2.21. The van der Waals surface area contributed by atoms with E-state index in [1.54, 1.807) is 0 Å². The van der Waals surface area contributed by atoms with Crippen LogP contribution in [0.25, 0.3) is 0 Å². The van der Waals surface area contributed by atoms with Crippen LogP contribution in [0.5, 0.6) is 0 Å². The van der Waals surface area contributed by atoms with Crippen molar-refractivity contribution < 1.29 is 5.11 Å². The van der Waals surface area contributed by atoms with Crippen molar-refractivity contribution in [1.82, 2.24) is 10.2 Å². The van der Waals surface area contributed by atoms with Crippen molar-refractivity contribution in [2.75, 3.05) is 26.2 Å². The van der Waals surface area contributed by atoms with E-state index in [2.05, 4.69) is 31.0 Å². The van der Waals surface area contributed by atoms with Gasteiger partial charge >= 0.3 is 0 Å². The molecular formula is C14H30N2O. The zero-order valence-corrected chi connectivity index (χ0v) is 11.8. The van der Waals surface area contributed by atoms with Crippen LogP contribution in [-0.4, -0.2) is 48.3 Å². The number of likely N-dealkylation sites (tertiary alicyclic amines) is 1. The fourth-order valence-electron chi connectivity index (χ4n) is 2.48. The van der Waals surface area contributed by atoms with E-state index in [0.29, 0.717) is 12.0 Å². The van der Waals surface area contributed by atoms with Gasteiger partial charge in [0, 0.05) is 19.1 Å². The first-order valence-electron chi connectivity index (χ1n) is 7.22. The molecule has 0 spiro atoms. The molecule has 0 aromatic rings. The minimum atomic E-state index is -0.228. The predicted octanol–water partition coefficient (Wildman–Crippen LogP) is 1.86. The highest BCUT2D eigenvalue weighted by molar-refractivity contribution is 4.75. The van der Waals surface area contributed by atoms with E-state index in [0.717, 1.165) is 26.2 Å². The van der Waals surface area contributed by atoms with E-state index in [9.17, 15) is 5.11 Å². The molecule has 1 saturated heterocycles. The van der Waals surface area contributed by atoms with Crippen molar-refractivity contribution in [1.29, 1.82) is 0 Å². The lowest BCUT2D eigenvalue weighted by Crippen LogP contribution is -2.42. The summed E-state index contributed by atoms with van der Waals surface area (Å²) in [6, 6.07) is 0.636. The van der Waals surface area contributed by atoms with Crippen molar-refractivity contribution in [2.24, 2.45) is 5.92 Å². The number of aliphatic hydroxyl groups excluding tert-OH is 1. The van der Waals surface area contributed by atoms with Gasteiger partial charge in [0.15, 0.2) is 0 Å². The number of nitrogens with zero attached hydrogens (tertiary/aromatic N) is 1. The molecule has 0 aliphatic carbocycles. The summed E-state index contributed by atoms with van der Waals surface area (Å²) in [6.07, 6.45) is 5.04. The maximum absolute atomic E-state index is 10.0. The van der Waals surface area contributed by atoms with E-state index in [4.69, 9.17) is 0 Å². The van der Waals surface area contributed by atoms with E-state index in [-0.39, 0.29) is 6.10 Å². The molecule has 102 valence electrons. The van der Waals surface area contributed by atoms with Crippen LogP contribution in [-0.2, 0) is 0 Å². The van der Waals surface area contributed by atoms with E-state index >= 15 is 0 Å². The van der Waals surface area contributed by atoms with Crippen molar-refractivity contribution in [3.8, 4) is 0 Å². The van der Waals surface area contributed by atoms with Crippen LogP contribution < -0.4 is 5.32 Å². The third kappa shape index (κ3) is 6.39. The molecule has 3 heteroatoms. The average Bonchev–Trinajstić information content (AvgIpc) is 2.44. The molecule has 1 aliphatic rings. The first-order valence-corrected chi connectivity index (χ1v) is 7.22. The van der Waals surface area contributed by atoms with Gasteiger partial charge < -0.3 is 10.4 Å². The Morgan fingerprint density at radius 3 is 2.71 bits per heavy atom. The van der Waals surface area contributed by atoms with Crippen LogP contribution in [0, 0.1) is 5.92 Å². The molecule has 17 heavy (non-hydrogen) atoms. The van der Waals surface area contributed by atoms with Crippen LogP contribution in [0.15, 0.2) is 0 Å². The topological polar surface area (TPSA) is 35.5 Å². The van der Waals surface area contributed by atoms with E-state index in [1.807, 2.05) is 0 Å². The van der Waals surface area contributed by atoms with Gasteiger partial charge in [0.2, 0.25) is 0 Å². The summed E-state index contributed by atoms with van der Waals surface area (Å²) in [4.78, 5) is 2.45. The number of β-amino-alcohol motifs (C(OH)–C–C–N with tert-alkyl or cyclic N) is 1. The number of hydrogen-bond acceptors (Lipinski definition) is 3. The third-order valence-corrected chi connectivity index (χ3v) is 3.57. The molecule has 1 fully saturated rings. The van der Waals surface area contributed by atoms with Gasteiger partial charge in [0.1, 0.15) is 0 Å². The second-order valence-corrected chi connectivity index (χ2v) is 5.90. The maximum atomic E-state index is 10.0. The monoisotopic (exact) mass is 242 g/mol. The quantitative estimate of drug-likeness (QED) is 0.746. The van der Waals surface area contributed by atoms with Crippen LogP contribution in [0.3, 0.4) is 0 Å². The lowest BCUT2D eigenvalue weighted by Gasteiger charge is -2.29. The Bertz CT molecular complexity index is 197. The predicted molar refractivity (Wildman–Crippen MR) is 73.2 cm³/mol. The van der Waals surface area contributed by atoms with Crippen LogP contribution in [0.4, 0.5) is 0 Å². The second-order valence-electron chi connectivity index (χ2n) is 5.90. The van der Waals surface area contributed by atoms with Gasteiger partial charge in [-0.15, -0.1) is 0 Å². The first kappa shape index (κ1) is 14.9. The normalized spacial score (nSPS) is 24.9. The van der Waals surface area contributed by atoms with Crippen LogP contribution in [0.2, 0.25) is 0 Å². The standard InChI is InChI=1S/C14H30N2O/c1-12(2)9-15-10-14(17)11-16-8-6-4-5-7-13(16)3/h12-15,17H,4-11H2,1-3H3. The van der Waals surface area contributed by atoms with Crippen LogP contribution >= 0.6 is 0 Å². The molecule has 1 heterocycles. The maximum Gasteiger partial charge on any atom is 0.0791 e. The van der Waals surface area contributed by atoms with Gasteiger partial charge in [0.05, 0.1) is 6.10 Å². The Hall–Kier alpha value is -0.120. The Kier molecular flexibility index (Phi) is 7.09. The smallest absolute Gasteiger partial charge is 0.0791 e. The lowest BCUT2D eigenvalue weighted by atomic mass is 10.1. The first-order chi connectivity index (χ1) is 8.09. The number of nitrogens with one attached hydrogen (secondary N) is 1. The van der Waals surface area contributed by atoms with Gasteiger partial charge in [-0.2, -0.15) is 0 Å². The molecule has 0 aromatic carbocycles. The zero-order valence-electron chi connectivity index (χ0n) is 11.8. The summed E-state index contributed by atoms with van der Waals surface area (Å²) in [5.41, 5.74) is 0. The van der Waals surface area contributed by atoms with Crippen molar-refractivity contribution in [3.05, 3.63) is 0 Å². The third-order valence-electron chi connectivity index (χ3n) is 3.57. The lowest BCUT2D eigenvalue weighted by molar-refractivity contribution is 0.0916. The summed E-state index contributed by atoms with van der Waals surface area (Å²) in [5.74, 6) is 0.652. The van der Waals surface area contributed by atoms with Gasteiger partial charge in [-0.25, -0.2) is 0 Å². The molecular weight excluding hydrogens is 212 g/mol. The summed E-state index contributed by atoms with van der Waals surface area (Å²) < 4.78 is 0. The molecule has 3 nitrogen and oxygen atoms in total. The minimum Gasteiger partial charge on any atom is -0.390 e. The van der Waals surface area contributed by atoms with Crippen molar-refractivity contribution >= 4 is 0 Å². The fourth-order valence-corrected chi connectivity index (χ4v) is 2.48. The second kappa shape index (κ2) is 8.06. The number of hydrogen-bond donors (Lipinski definition) is 2. The Labute approximate surface area is 107 Å². The summed E-state index contributed by atoms with van der Waals surface area (Å²) in [6.45, 7) is 10.4. The molecule has 0 aromatic heterocycles.